The summed E-state index contributed by atoms with van der Waals surface area (Å²) in [6.45, 7) is 13.3. The Morgan fingerprint density at radius 1 is 1.00 bits per heavy atom. The molecule has 0 aliphatic rings. The molecule has 0 aliphatic heterocycles. The fraction of sp³-hybridized carbons (Fsp3) is 0.917. The zero-order valence-corrected chi connectivity index (χ0v) is 9.27. The van der Waals surface area contributed by atoms with Crippen LogP contribution in [0.3, 0.4) is 0 Å². The molecule has 2 atom stereocenters. The maximum absolute atomic E-state index is 4.13. The van der Waals surface area contributed by atoms with Crippen LogP contribution in [0, 0.1) is 24.7 Å². The third-order valence-corrected chi connectivity index (χ3v) is 3.12. The van der Waals surface area contributed by atoms with E-state index in [1.165, 1.54) is 25.7 Å². The van der Waals surface area contributed by atoms with Crippen LogP contribution in [0.15, 0.2) is 0 Å². The zero-order chi connectivity index (χ0) is 9.56. The van der Waals surface area contributed by atoms with Crippen molar-refractivity contribution in [2.75, 3.05) is 0 Å². The molecule has 12 heavy (non-hydrogen) atoms. The molecule has 0 aromatic heterocycles. The van der Waals surface area contributed by atoms with E-state index in [9.17, 15) is 0 Å². The van der Waals surface area contributed by atoms with Gasteiger partial charge >= 0.3 is 0 Å². The Kier molecular flexibility index (Phi) is 6.51. The van der Waals surface area contributed by atoms with Gasteiger partial charge in [-0.05, 0) is 24.2 Å². The van der Waals surface area contributed by atoms with Gasteiger partial charge in [-0.25, -0.2) is 0 Å². The van der Waals surface area contributed by atoms with Crippen LogP contribution in [0.25, 0.3) is 0 Å². The smallest absolute Gasteiger partial charge is 0.0388 e. The summed E-state index contributed by atoms with van der Waals surface area (Å²) in [5, 5.41) is 0. The highest BCUT2D eigenvalue weighted by atomic mass is 14.2. The number of hydrogen-bond acceptors (Lipinski definition) is 0. The lowest BCUT2D eigenvalue weighted by molar-refractivity contribution is 0.295. The van der Waals surface area contributed by atoms with Crippen molar-refractivity contribution in [1.29, 1.82) is 0 Å². The molecule has 1 radical (unpaired) electrons. The number of hydrogen-bond donors (Lipinski definition) is 0. The molecule has 0 fully saturated rings. The van der Waals surface area contributed by atoms with E-state index >= 15 is 0 Å². The van der Waals surface area contributed by atoms with Gasteiger partial charge in [-0.2, -0.15) is 0 Å². The van der Waals surface area contributed by atoms with Crippen LogP contribution in [-0.4, -0.2) is 0 Å². The van der Waals surface area contributed by atoms with Gasteiger partial charge in [-0.1, -0.05) is 53.9 Å². The normalized spacial score (nSPS) is 14.2. The summed E-state index contributed by atoms with van der Waals surface area (Å²) in [7, 11) is 0. The maximum atomic E-state index is 4.13. The van der Waals surface area contributed by atoms with Gasteiger partial charge in [-0.3, -0.25) is 0 Å². The standard InChI is InChI=1S/C12H25/c1-6-11(7-2)9-12(8-3)10(4)5/h10-12H,4,6-9H2,1-3,5H3. The summed E-state index contributed by atoms with van der Waals surface area (Å²) in [4.78, 5) is 0. The van der Waals surface area contributed by atoms with Gasteiger partial charge in [-0.15, -0.1) is 0 Å². The first-order valence-corrected chi connectivity index (χ1v) is 5.48. The van der Waals surface area contributed by atoms with Crippen molar-refractivity contribution >= 4 is 0 Å². The first-order valence-electron chi connectivity index (χ1n) is 5.48. The molecule has 0 bridgehead atoms. The van der Waals surface area contributed by atoms with Crippen molar-refractivity contribution in [2.24, 2.45) is 17.8 Å². The second-order valence-corrected chi connectivity index (χ2v) is 4.06. The molecule has 0 heterocycles. The zero-order valence-electron chi connectivity index (χ0n) is 9.27. The highest BCUT2D eigenvalue weighted by Gasteiger charge is 2.15. The summed E-state index contributed by atoms with van der Waals surface area (Å²) in [5.74, 6) is 2.39. The van der Waals surface area contributed by atoms with Gasteiger partial charge in [0.05, 0.1) is 0 Å². The Morgan fingerprint density at radius 2 is 1.50 bits per heavy atom. The molecule has 0 spiro atoms. The summed E-state index contributed by atoms with van der Waals surface area (Å²) in [5.41, 5.74) is 0. The summed E-state index contributed by atoms with van der Waals surface area (Å²) < 4.78 is 0. The van der Waals surface area contributed by atoms with Crippen molar-refractivity contribution in [2.45, 2.75) is 53.4 Å². The van der Waals surface area contributed by atoms with Gasteiger partial charge in [0.1, 0.15) is 0 Å². The molecule has 0 rings (SSSR count). The van der Waals surface area contributed by atoms with E-state index in [4.69, 9.17) is 0 Å². The molecule has 0 N–H and O–H groups in total. The minimum atomic E-state index is 0.621. The molecular weight excluding hydrogens is 144 g/mol. The highest BCUT2D eigenvalue weighted by Crippen LogP contribution is 2.26. The molecule has 0 saturated carbocycles. The highest BCUT2D eigenvalue weighted by molar-refractivity contribution is 4.70. The first kappa shape index (κ1) is 12.0. The molecular formula is C12H25. The Morgan fingerprint density at radius 3 is 1.75 bits per heavy atom. The monoisotopic (exact) mass is 169 g/mol. The van der Waals surface area contributed by atoms with E-state index in [0.717, 1.165) is 11.8 Å². The molecule has 73 valence electrons. The van der Waals surface area contributed by atoms with Crippen LogP contribution in [-0.2, 0) is 0 Å². The molecule has 0 aromatic carbocycles. The van der Waals surface area contributed by atoms with Crippen LogP contribution in [0.1, 0.15) is 53.4 Å². The minimum Gasteiger partial charge on any atom is -0.0651 e. The fourth-order valence-corrected chi connectivity index (χ4v) is 1.85. The van der Waals surface area contributed by atoms with Crippen molar-refractivity contribution in [3.63, 3.8) is 0 Å². The van der Waals surface area contributed by atoms with Crippen LogP contribution in [0.4, 0.5) is 0 Å². The molecule has 0 aromatic rings. The molecule has 0 amide bonds. The summed E-state index contributed by atoms with van der Waals surface area (Å²) >= 11 is 0. The van der Waals surface area contributed by atoms with Crippen LogP contribution in [0.2, 0.25) is 0 Å². The van der Waals surface area contributed by atoms with Crippen LogP contribution in [0.5, 0.6) is 0 Å². The minimum absolute atomic E-state index is 0.621. The Bertz CT molecular complexity index is 90.2. The van der Waals surface area contributed by atoms with E-state index in [0.29, 0.717) is 5.92 Å². The average molecular weight is 169 g/mol. The fourth-order valence-electron chi connectivity index (χ4n) is 1.85. The maximum Gasteiger partial charge on any atom is -0.0388 e. The first-order chi connectivity index (χ1) is 5.65. The predicted octanol–water partition coefficient (Wildman–Crippen LogP) is 4.31. The van der Waals surface area contributed by atoms with Gasteiger partial charge in [0.15, 0.2) is 0 Å². The van der Waals surface area contributed by atoms with Crippen LogP contribution < -0.4 is 0 Å². The van der Waals surface area contributed by atoms with Crippen molar-refractivity contribution in [3.05, 3.63) is 6.92 Å². The second-order valence-electron chi connectivity index (χ2n) is 4.06. The summed E-state index contributed by atoms with van der Waals surface area (Å²) in [6.07, 6.45) is 5.34. The molecule has 0 saturated heterocycles. The van der Waals surface area contributed by atoms with Gasteiger partial charge in [0.2, 0.25) is 0 Å². The van der Waals surface area contributed by atoms with Crippen molar-refractivity contribution < 1.29 is 0 Å². The second kappa shape index (κ2) is 6.51. The van der Waals surface area contributed by atoms with Crippen LogP contribution >= 0.6 is 0 Å². The third-order valence-electron chi connectivity index (χ3n) is 3.12. The Balaban J connectivity index is 3.82. The lowest BCUT2D eigenvalue weighted by atomic mass is 9.83. The van der Waals surface area contributed by atoms with Crippen molar-refractivity contribution in [3.8, 4) is 0 Å². The average Bonchev–Trinajstić information content (AvgIpc) is 2.06. The van der Waals surface area contributed by atoms with E-state index in [1.807, 2.05) is 0 Å². The van der Waals surface area contributed by atoms with E-state index < -0.39 is 0 Å². The topological polar surface area (TPSA) is 0 Å². The molecule has 0 nitrogen and oxygen atoms in total. The van der Waals surface area contributed by atoms with Gasteiger partial charge < -0.3 is 0 Å². The molecule has 0 heteroatoms. The van der Waals surface area contributed by atoms with E-state index in [1.54, 1.807) is 0 Å². The predicted molar refractivity (Wildman–Crippen MR) is 57.0 cm³/mol. The SMILES string of the molecule is [CH2]C(C)C(CC)CC(CC)CC. The quantitative estimate of drug-likeness (QED) is 0.556. The largest absolute Gasteiger partial charge is 0.0651 e. The van der Waals surface area contributed by atoms with Crippen molar-refractivity contribution in [1.82, 2.24) is 0 Å². The molecule has 0 aliphatic carbocycles. The lowest BCUT2D eigenvalue weighted by Gasteiger charge is -2.23. The van der Waals surface area contributed by atoms with E-state index in [2.05, 4.69) is 34.6 Å². The third kappa shape index (κ3) is 4.13. The Hall–Kier alpha value is 0. The summed E-state index contributed by atoms with van der Waals surface area (Å²) in [6, 6.07) is 0. The Labute approximate surface area is 78.8 Å². The lowest BCUT2D eigenvalue weighted by Crippen LogP contribution is -2.12. The van der Waals surface area contributed by atoms with E-state index in [-0.39, 0.29) is 0 Å². The number of rotatable bonds is 6. The molecule has 2 unspecified atom stereocenters. The van der Waals surface area contributed by atoms with Gasteiger partial charge in [0, 0.05) is 0 Å². The van der Waals surface area contributed by atoms with Gasteiger partial charge in [0.25, 0.3) is 0 Å².